The third-order valence-corrected chi connectivity index (χ3v) is 5.36. The van der Waals surface area contributed by atoms with Crippen molar-refractivity contribution in [2.24, 2.45) is 29.6 Å². The summed E-state index contributed by atoms with van der Waals surface area (Å²) in [5.74, 6) is 5.32. The van der Waals surface area contributed by atoms with Gasteiger partial charge in [-0.1, -0.05) is 46.5 Å². The Kier molecular flexibility index (Phi) is 4.33. The van der Waals surface area contributed by atoms with Crippen LogP contribution in [0.5, 0.6) is 0 Å². The maximum absolute atomic E-state index is 2.44. The van der Waals surface area contributed by atoms with E-state index in [0.29, 0.717) is 0 Å². The second kappa shape index (κ2) is 5.56. The van der Waals surface area contributed by atoms with Crippen LogP contribution in [0.2, 0.25) is 0 Å². The van der Waals surface area contributed by atoms with Gasteiger partial charge in [0.15, 0.2) is 0 Å². The zero-order chi connectivity index (χ0) is 11.5. The fourth-order valence-corrected chi connectivity index (χ4v) is 3.98. The predicted octanol–water partition coefficient (Wildman–Crippen LogP) is 5.28. The minimum Gasteiger partial charge on any atom is -0.0654 e. The first-order valence-corrected chi connectivity index (χ1v) is 7.70. The highest BCUT2D eigenvalue weighted by Crippen LogP contribution is 2.51. The average Bonchev–Trinajstić information content (AvgIpc) is 2.23. The standard InChI is InChI=1S/C16H30/c1-4-5-6-14(12(2)3)11-15-8-7-13-9-16(15)10-13/h12-16H,4-11H2,1-3H3/t13?,14?,15-,16?/m0/s1. The van der Waals surface area contributed by atoms with Gasteiger partial charge in [0.1, 0.15) is 0 Å². The van der Waals surface area contributed by atoms with Gasteiger partial charge in [0.25, 0.3) is 0 Å². The Hall–Kier alpha value is 0. The SMILES string of the molecule is CCCCC(C[C@@H]1CCC2CC1C2)C(C)C. The molecule has 0 aliphatic heterocycles. The van der Waals surface area contributed by atoms with Gasteiger partial charge in [-0.2, -0.15) is 0 Å². The van der Waals surface area contributed by atoms with Crippen molar-refractivity contribution in [3.05, 3.63) is 0 Å². The van der Waals surface area contributed by atoms with Crippen molar-refractivity contribution in [3.63, 3.8) is 0 Å². The summed E-state index contributed by atoms with van der Waals surface area (Å²) in [6.07, 6.45) is 12.1. The van der Waals surface area contributed by atoms with E-state index in [1.807, 2.05) is 0 Å². The quantitative estimate of drug-likeness (QED) is 0.574. The first-order valence-electron chi connectivity index (χ1n) is 7.70. The fourth-order valence-electron chi connectivity index (χ4n) is 3.98. The lowest BCUT2D eigenvalue weighted by Gasteiger charge is -2.48. The van der Waals surface area contributed by atoms with Gasteiger partial charge in [-0.15, -0.1) is 0 Å². The smallest absolute Gasteiger partial charge is 0.0380 e. The molecule has 1 unspecified atom stereocenters. The van der Waals surface area contributed by atoms with Crippen molar-refractivity contribution in [2.75, 3.05) is 0 Å². The zero-order valence-electron chi connectivity index (χ0n) is 11.5. The van der Waals surface area contributed by atoms with E-state index in [2.05, 4.69) is 20.8 Å². The lowest BCUT2D eigenvalue weighted by atomic mass is 9.58. The summed E-state index contributed by atoms with van der Waals surface area (Å²) in [4.78, 5) is 0. The van der Waals surface area contributed by atoms with E-state index in [1.54, 1.807) is 32.1 Å². The van der Waals surface area contributed by atoms with Crippen molar-refractivity contribution >= 4 is 0 Å². The summed E-state index contributed by atoms with van der Waals surface area (Å²) in [5.41, 5.74) is 0. The molecular weight excluding hydrogens is 192 g/mol. The van der Waals surface area contributed by atoms with Gasteiger partial charge in [-0.25, -0.2) is 0 Å². The molecule has 0 nitrogen and oxygen atoms in total. The average molecular weight is 222 g/mol. The Morgan fingerprint density at radius 3 is 2.38 bits per heavy atom. The molecule has 0 heterocycles. The van der Waals surface area contributed by atoms with Gasteiger partial charge in [-0.05, 0) is 55.3 Å². The van der Waals surface area contributed by atoms with Gasteiger partial charge >= 0.3 is 0 Å². The van der Waals surface area contributed by atoms with Crippen molar-refractivity contribution in [2.45, 2.75) is 72.1 Å². The number of unbranched alkanes of at least 4 members (excludes halogenated alkanes) is 1. The lowest BCUT2D eigenvalue weighted by Crippen LogP contribution is -2.37. The van der Waals surface area contributed by atoms with Crippen molar-refractivity contribution < 1.29 is 0 Å². The van der Waals surface area contributed by atoms with E-state index < -0.39 is 0 Å². The molecule has 0 spiro atoms. The van der Waals surface area contributed by atoms with Gasteiger partial charge in [0.2, 0.25) is 0 Å². The Bertz CT molecular complexity index is 197. The molecule has 0 aromatic rings. The van der Waals surface area contributed by atoms with Crippen LogP contribution in [0, 0.1) is 29.6 Å². The monoisotopic (exact) mass is 222 g/mol. The van der Waals surface area contributed by atoms with Crippen molar-refractivity contribution in [1.29, 1.82) is 0 Å². The van der Waals surface area contributed by atoms with Gasteiger partial charge in [-0.3, -0.25) is 0 Å². The molecule has 0 saturated heterocycles. The second-order valence-corrected chi connectivity index (χ2v) is 6.82. The van der Waals surface area contributed by atoms with E-state index in [1.165, 1.54) is 19.3 Å². The molecule has 94 valence electrons. The minimum absolute atomic E-state index is 0.907. The minimum atomic E-state index is 0.907. The summed E-state index contributed by atoms with van der Waals surface area (Å²) < 4.78 is 0. The van der Waals surface area contributed by atoms with Crippen LogP contribution in [0.15, 0.2) is 0 Å². The molecule has 2 bridgehead atoms. The maximum Gasteiger partial charge on any atom is -0.0380 e. The number of rotatable bonds is 6. The summed E-state index contributed by atoms with van der Waals surface area (Å²) in [7, 11) is 0. The molecule has 3 saturated carbocycles. The Morgan fingerprint density at radius 1 is 1.12 bits per heavy atom. The molecule has 3 aliphatic carbocycles. The number of hydrogen-bond acceptors (Lipinski definition) is 0. The van der Waals surface area contributed by atoms with Crippen molar-refractivity contribution in [3.8, 4) is 0 Å². The second-order valence-electron chi connectivity index (χ2n) is 6.82. The molecule has 0 aromatic carbocycles. The lowest BCUT2D eigenvalue weighted by molar-refractivity contribution is 0.0305. The van der Waals surface area contributed by atoms with E-state index in [9.17, 15) is 0 Å². The molecule has 0 N–H and O–H groups in total. The van der Waals surface area contributed by atoms with Crippen LogP contribution in [0.4, 0.5) is 0 Å². The predicted molar refractivity (Wildman–Crippen MR) is 71.4 cm³/mol. The normalized spacial score (nSPS) is 34.9. The third kappa shape index (κ3) is 2.81. The first-order chi connectivity index (χ1) is 7.70. The summed E-state index contributed by atoms with van der Waals surface area (Å²) in [6.45, 7) is 7.20. The molecule has 0 amide bonds. The van der Waals surface area contributed by atoms with Gasteiger partial charge in [0, 0.05) is 0 Å². The van der Waals surface area contributed by atoms with E-state index in [-0.39, 0.29) is 0 Å². The summed E-state index contributed by atoms with van der Waals surface area (Å²) in [6, 6.07) is 0. The molecular formula is C16H30. The van der Waals surface area contributed by atoms with Gasteiger partial charge in [0.05, 0.1) is 0 Å². The molecule has 0 heteroatoms. The molecule has 3 rings (SSSR count). The van der Waals surface area contributed by atoms with Crippen molar-refractivity contribution in [1.82, 2.24) is 0 Å². The molecule has 2 atom stereocenters. The zero-order valence-corrected chi connectivity index (χ0v) is 11.5. The van der Waals surface area contributed by atoms with E-state index in [4.69, 9.17) is 0 Å². The maximum atomic E-state index is 2.44. The molecule has 3 aliphatic rings. The summed E-state index contributed by atoms with van der Waals surface area (Å²) in [5, 5.41) is 0. The number of fused-ring (bicyclic) bond motifs is 2. The highest BCUT2D eigenvalue weighted by Gasteiger charge is 2.40. The van der Waals surface area contributed by atoms with Crippen LogP contribution in [0.3, 0.4) is 0 Å². The largest absolute Gasteiger partial charge is 0.0654 e. The van der Waals surface area contributed by atoms with Crippen LogP contribution in [-0.4, -0.2) is 0 Å². The molecule has 16 heavy (non-hydrogen) atoms. The topological polar surface area (TPSA) is 0 Å². The fraction of sp³-hybridized carbons (Fsp3) is 1.00. The van der Waals surface area contributed by atoms with E-state index >= 15 is 0 Å². The van der Waals surface area contributed by atoms with Crippen LogP contribution in [0.25, 0.3) is 0 Å². The Labute approximate surface area is 102 Å². The van der Waals surface area contributed by atoms with Crippen LogP contribution in [-0.2, 0) is 0 Å². The van der Waals surface area contributed by atoms with Crippen LogP contribution >= 0.6 is 0 Å². The molecule has 0 radical (unpaired) electrons. The van der Waals surface area contributed by atoms with Crippen LogP contribution < -0.4 is 0 Å². The highest BCUT2D eigenvalue weighted by atomic mass is 14.5. The third-order valence-electron chi connectivity index (χ3n) is 5.36. The molecule has 3 fully saturated rings. The first kappa shape index (κ1) is 12.5. The number of hydrogen-bond donors (Lipinski definition) is 0. The van der Waals surface area contributed by atoms with Crippen LogP contribution in [0.1, 0.15) is 72.1 Å². The Balaban J connectivity index is 1.79. The Morgan fingerprint density at radius 2 is 1.88 bits per heavy atom. The van der Waals surface area contributed by atoms with E-state index in [0.717, 1.165) is 29.6 Å². The highest BCUT2D eigenvalue weighted by molar-refractivity contribution is 4.91. The molecule has 0 aromatic heterocycles. The van der Waals surface area contributed by atoms with Gasteiger partial charge < -0.3 is 0 Å². The summed E-state index contributed by atoms with van der Waals surface area (Å²) >= 11 is 0.